The van der Waals surface area contributed by atoms with Crippen LogP contribution in [-0.4, -0.2) is 22.0 Å². The van der Waals surface area contributed by atoms with Gasteiger partial charge in [0.15, 0.2) is 0 Å². The van der Waals surface area contributed by atoms with Crippen molar-refractivity contribution >= 4 is 11.8 Å². The van der Waals surface area contributed by atoms with Gasteiger partial charge in [-0.3, -0.25) is 14.8 Å². The Balaban J connectivity index is 2.91. The molecule has 0 saturated heterocycles. The Hall–Kier alpha value is -1.82. The standard InChI is InChI=1S/C6H7N3O3/c7-5(10)4-1-3(2-8-4)6(11)9-12/h1-2,8,12H,(H2,7,10)(H,9,11). The molecule has 0 aliphatic heterocycles. The molecule has 0 aromatic carbocycles. The molecular weight excluding hydrogens is 162 g/mol. The van der Waals surface area contributed by atoms with Crippen LogP contribution in [0.2, 0.25) is 0 Å². The average molecular weight is 169 g/mol. The quantitative estimate of drug-likeness (QED) is 0.345. The highest BCUT2D eigenvalue weighted by Crippen LogP contribution is 2.01. The van der Waals surface area contributed by atoms with Crippen LogP contribution in [0.4, 0.5) is 0 Å². The minimum atomic E-state index is -0.696. The molecule has 0 saturated carbocycles. The zero-order valence-electron chi connectivity index (χ0n) is 6.00. The van der Waals surface area contributed by atoms with E-state index in [0.29, 0.717) is 0 Å². The fraction of sp³-hybridized carbons (Fsp3) is 0. The maximum atomic E-state index is 10.7. The highest BCUT2D eigenvalue weighted by Gasteiger charge is 2.09. The highest BCUT2D eigenvalue weighted by atomic mass is 16.5. The van der Waals surface area contributed by atoms with E-state index in [4.69, 9.17) is 10.9 Å². The van der Waals surface area contributed by atoms with E-state index in [-0.39, 0.29) is 11.3 Å². The van der Waals surface area contributed by atoms with Gasteiger partial charge >= 0.3 is 0 Å². The summed E-state index contributed by atoms with van der Waals surface area (Å²) in [5, 5.41) is 8.21. The zero-order valence-corrected chi connectivity index (χ0v) is 6.00. The molecule has 0 spiro atoms. The van der Waals surface area contributed by atoms with Gasteiger partial charge in [-0.1, -0.05) is 0 Å². The van der Waals surface area contributed by atoms with Crippen molar-refractivity contribution in [3.05, 3.63) is 23.5 Å². The average Bonchev–Trinajstić information content (AvgIpc) is 2.51. The molecule has 0 bridgehead atoms. The molecule has 0 unspecified atom stereocenters. The molecule has 12 heavy (non-hydrogen) atoms. The van der Waals surface area contributed by atoms with E-state index in [2.05, 4.69) is 4.98 Å². The smallest absolute Gasteiger partial charge is 0.276 e. The van der Waals surface area contributed by atoms with E-state index in [1.54, 1.807) is 0 Å². The molecule has 1 rings (SSSR count). The number of H-pyrrole nitrogens is 1. The van der Waals surface area contributed by atoms with Gasteiger partial charge in [-0.25, -0.2) is 5.48 Å². The van der Waals surface area contributed by atoms with E-state index in [1.165, 1.54) is 17.7 Å². The molecule has 0 radical (unpaired) electrons. The van der Waals surface area contributed by atoms with Crippen molar-refractivity contribution in [3.8, 4) is 0 Å². The summed E-state index contributed by atoms with van der Waals surface area (Å²) in [6, 6.07) is 1.24. The zero-order chi connectivity index (χ0) is 9.14. The molecular formula is C6H7N3O3. The summed E-state index contributed by atoms with van der Waals surface area (Å²) in [7, 11) is 0. The first-order valence-electron chi connectivity index (χ1n) is 3.08. The molecule has 1 aromatic rings. The van der Waals surface area contributed by atoms with Crippen LogP contribution in [0.3, 0.4) is 0 Å². The molecule has 5 N–H and O–H groups in total. The predicted molar refractivity (Wildman–Crippen MR) is 38.6 cm³/mol. The summed E-state index contributed by atoms with van der Waals surface area (Å²) in [5.41, 5.74) is 6.59. The summed E-state index contributed by atoms with van der Waals surface area (Å²) < 4.78 is 0. The lowest BCUT2D eigenvalue weighted by molar-refractivity contribution is 0.0706. The fourth-order valence-electron chi connectivity index (χ4n) is 0.732. The van der Waals surface area contributed by atoms with Gasteiger partial charge in [0.05, 0.1) is 5.56 Å². The Morgan fingerprint density at radius 1 is 1.58 bits per heavy atom. The Kier molecular flexibility index (Phi) is 2.11. The van der Waals surface area contributed by atoms with Crippen molar-refractivity contribution in [2.45, 2.75) is 0 Å². The lowest BCUT2D eigenvalue weighted by Gasteiger charge is -1.90. The van der Waals surface area contributed by atoms with Crippen LogP contribution in [0.25, 0.3) is 0 Å². The number of rotatable bonds is 2. The van der Waals surface area contributed by atoms with E-state index in [1.807, 2.05) is 0 Å². The van der Waals surface area contributed by atoms with Crippen molar-refractivity contribution in [2.24, 2.45) is 5.73 Å². The first-order valence-corrected chi connectivity index (χ1v) is 3.08. The molecule has 64 valence electrons. The Labute approximate surface area is 67.3 Å². The lowest BCUT2D eigenvalue weighted by Crippen LogP contribution is -2.17. The number of aromatic amines is 1. The summed E-state index contributed by atoms with van der Waals surface area (Å²) in [6.07, 6.45) is 1.27. The van der Waals surface area contributed by atoms with Gasteiger partial charge in [-0.05, 0) is 6.07 Å². The van der Waals surface area contributed by atoms with Gasteiger partial charge in [-0.15, -0.1) is 0 Å². The number of nitrogens with two attached hydrogens (primary N) is 1. The molecule has 1 heterocycles. The van der Waals surface area contributed by atoms with Gasteiger partial charge in [0, 0.05) is 6.20 Å². The maximum absolute atomic E-state index is 10.7. The third-order valence-corrected chi connectivity index (χ3v) is 1.31. The van der Waals surface area contributed by atoms with Crippen molar-refractivity contribution < 1.29 is 14.8 Å². The van der Waals surface area contributed by atoms with Crippen molar-refractivity contribution in [3.63, 3.8) is 0 Å². The van der Waals surface area contributed by atoms with E-state index in [9.17, 15) is 9.59 Å². The number of hydroxylamine groups is 1. The topological polar surface area (TPSA) is 108 Å². The second kappa shape index (κ2) is 3.05. The number of carbonyl (C=O) groups is 2. The van der Waals surface area contributed by atoms with E-state index >= 15 is 0 Å². The van der Waals surface area contributed by atoms with Crippen LogP contribution < -0.4 is 11.2 Å². The largest absolute Gasteiger partial charge is 0.364 e. The SMILES string of the molecule is NC(=O)c1cc(C(=O)NO)c[nH]1. The molecule has 6 heteroatoms. The number of amides is 2. The van der Waals surface area contributed by atoms with Crippen LogP contribution in [0.5, 0.6) is 0 Å². The second-order valence-electron chi connectivity index (χ2n) is 2.11. The summed E-state index contributed by atoms with van der Waals surface area (Å²) in [6.45, 7) is 0. The Bertz CT molecular complexity index is 318. The van der Waals surface area contributed by atoms with Crippen LogP contribution >= 0.6 is 0 Å². The number of nitrogens with one attached hydrogen (secondary N) is 2. The van der Waals surface area contributed by atoms with E-state index < -0.39 is 11.8 Å². The molecule has 6 nitrogen and oxygen atoms in total. The number of primary amides is 1. The fourth-order valence-corrected chi connectivity index (χ4v) is 0.732. The predicted octanol–water partition coefficient (Wildman–Crippen LogP) is -0.767. The minimum absolute atomic E-state index is 0.119. The van der Waals surface area contributed by atoms with Crippen LogP contribution in [-0.2, 0) is 0 Å². The number of hydrogen-bond donors (Lipinski definition) is 4. The Morgan fingerprint density at radius 3 is 2.67 bits per heavy atom. The first-order chi connectivity index (χ1) is 5.65. The monoisotopic (exact) mass is 169 g/mol. The third kappa shape index (κ3) is 1.43. The van der Waals surface area contributed by atoms with Crippen molar-refractivity contribution in [1.29, 1.82) is 0 Å². The second-order valence-corrected chi connectivity index (χ2v) is 2.11. The summed E-state index contributed by atoms with van der Waals surface area (Å²) in [5.74, 6) is -1.36. The lowest BCUT2D eigenvalue weighted by atomic mass is 10.3. The summed E-state index contributed by atoms with van der Waals surface area (Å²) >= 11 is 0. The minimum Gasteiger partial charge on any atom is -0.364 e. The molecule has 1 aromatic heterocycles. The molecule has 0 atom stereocenters. The van der Waals surface area contributed by atoms with Crippen molar-refractivity contribution in [2.75, 3.05) is 0 Å². The number of carbonyl (C=O) groups excluding carboxylic acids is 2. The molecule has 2 amide bonds. The van der Waals surface area contributed by atoms with Gasteiger partial charge < -0.3 is 10.7 Å². The third-order valence-electron chi connectivity index (χ3n) is 1.31. The summed E-state index contributed by atoms with van der Waals surface area (Å²) in [4.78, 5) is 23.7. The van der Waals surface area contributed by atoms with Gasteiger partial charge in [-0.2, -0.15) is 0 Å². The van der Waals surface area contributed by atoms with Crippen molar-refractivity contribution in [1.82, 2.24) is 10.5 Å². The molecule has 0 aliphatic carbocycles. The highest BCUT2D eigenvalue weighted by molar-refractivity contribution is 5.98. The van der Waals surface area contributed by atoms with Crippen LogP contribution in [0, 0.1) is 0 Å². The van der Waals surface area contributed by atoms with Gasteiger partial charge in [0.25, 0.3) is 11.8 Å². The van der Waals surface area contributed by atoms with Crippen LogP contribution in [0.15, 0.2) is 12.3 Å². The maximum Gasteiger partial charge on any atom is 0.276 e. The number of aromatic nitrogens is 1. The van der Waals surface area contributed by atoms with Gasteiger partial charge in [0.2, 0.25) is 0 Å². The number of hydrogen-bond acceptors (Lipinski definition) is 3. The Morgan fingerprint density at radius 2 is 2.25 bits per heavy atom. The van der Waals surface area contributed by atoms with Crippen LogP contribution in [0.1, 0.15) is 20.8 Å². The van der Waals surface area contributed by atoms with E-state index in [0.717, 1.165) is 0 Å². The first kappa shape index (κ1) is 8.28. The normalized spacial score (nSPS) is 9.42. The molecule has 0 fully saturated rings. The molecule has 0 aliphatic rings. The van der Waals surface area contributed by atoms with Gasteiger partial charge in [0.1, 0.15) is 5.69 Å².